The first-order chi connectivity index (χ1) is 10.3. The maximum absolute atomic E-state index is 12.9. The Labute approximate surface area is 125 Å². The average Bonchev–Trinajstić information content (AvgIpc) is 3.05. The van der Waals surface area contributed by atoms with E-state index < -0.39 is 0 Å². The molecule has 2 heterocycles. The van der Waals surface area contributed by atoms with Crippen molar-refractivity contribution in [3.63, 3.8) is 0 Å². The summed E-state index contributed by atoms with van der Waals surface area (Å²) in [7, 11) is 0. The summed E-state index contributed by atoms with van der Waals surface area (Å²) < 4.78 is 11.2. The van der Waals surface area contributed by atoms with E-state index in [0.29, 0.717) is 24.3 Å². The van der Waals surface area contributed by atoms with Gasteiger partial charge < -0.3 is 14.1 Å². The summed E-state index contributed by atoms with van der Waals surface area (Å²) >= 11 is 0. The third-order valence-corrected chi connectivity index (χ3v) is 5.38. The number of ether oxygens (including phenoxy) is 1. The van der Waals surface area contributed by atoms with Gasteiger partial charge in [0.25, 0.3) is 0 Å². The van der Waals surface area contributed by atoms with Crippen LogP contribution in [-0.4, -0.2) is 30.1 Å². The van der Waals surface area contributed by atoms with Crippen LogP contribution in [-0.2, 0) is 16.1 Å². The lowest BCUT2D eigenvalue weighted by atomic mass is 10.1. The summed E-state index contributed by atoms with van der Waals surface area (Å²) in [6, 6.07) is 3.83. The van der Waals surface area contributed by atoms with Crippen LogP contribution in [0.1, 0.15) is 37.9 Å². The average molecular weight is 289 g/mol. The van der Waals surface area contributed by atoms with Crippen molar-refractivity contribution in [2.24, 2.45) is 17.8 Å². The number of fused-ring (bicyclic) bond motifs is 1. The number of amides is 1. The fraction of sp³-hybridized carbons (Fsp3) is 0.706. The fourth-order valence-corrected chi connectivity index (χ4v) is 4.26. The maximum Gasteiger partial charge on any atom is 0.226 e. The Morgan fingerprint density at radius 2 is 2.10 bits per heavy atom. The van der Waals surface area contributed by atoms with Crippen molar-refractivity contribution in [3.05, 3.63) is 24.2 Å². The number of carbonyl (C=O) groups excluding carboxylic acids is 1. The Morgan fingerprint density at radius 3 is 2.76 bits per heavy atom. The molecule has 1 aromatic rings. The molecule has 0 N–H and O–H groups in total. The molecule has 0 aromatic carbocycles. The van der Waals surface area contributed by atoms with Crippen LogP contribution in [0.25, 0.3) is 0 Å². The van der Waals surface area contributed by atoms with Gasteiger partial charge in [0.05, 0.1) is 18.9 Å². The highest BCUT2D eigenvalue weighted by Crippen LogP contribution is 2.58. The van der Waals surface area contributed by atoms with Crippen LogP contribution >= 0.6 is 0 Å². The van der Waals surface area contributed by atoms with Gasteiger partial charge in [-0.3, -0.25) is 4.79 Å². The Hall–Kier alpha value is -1.29. The molecular weight excluding hydrogens is 266 g/mol. The first-order valence-electron chi connectivity index (χ1n) is 8.25. The molecule has 4 atom stereocenters. The van der Waals surface area contributed by atoms with Gasteiger partial charge in [0, 0.05) is 19.1 Å². The van der Waals surface area contributed by atoms with Crippen LogP contribution < -0.4 is 0 Å². The highest BCUT2D eigenvalue weighted by Gasteiger charge is 2.57. The zero-order valence-electron chi connectivity index (χ0n) is 12.4. The van der Waals surface area contributed by atoms with E-state index in [2.05, 4.69) is 0 Å². The van der Waals surface area contributed by atoms with Gasteiger partial charge in [0.1, 0.15) is 5.76 Å². The van der Waals surface area contributed by atoms with E-state index in [0.717, 1.165) is 31.8 Å². The van der Waals surface area contributed by atoms with E-state index in [1.54, 1.807) is 6.26 Å². The highest BCUT2D eigenvalue weighted by atomic mass is 16.5. The van der Waals surface area contributed by atoms with Crippen LogP contribution in [0.2, 0.25) is 0 Å². The van der Waals surface area contributed by atoms with E-state index in [1.807, 2.05) is 17.0 Å². The Morgan fingerprint density at radius 1 is 1.24 bits per heavy atom. The van der Waals surface area contributed by atoms with E-state index in [-0.39, 0.29) is 12.0 Å². The van der Waals surface area contributed by atoms with Gasteiger partial charge >= 0.3 is 0 Å². The number of carbonyl (C=O) groups is 1. The molecule has 1 amide bonds. The van der Waals surface area contributed by atoms with Crippen LogP contribution in [0.3, 0.4) is 0 Å². The minimum absolute atomic E-state index is 0.211. The van der Waals surface area contributed by atoms with E-state index in [1.165, 1.54) is 19.3 Å². The number of hydrogen-bond donors (Lipinski definition) is 0. The normalized spacial score (nSPS) is 33.9. The number of furan rings is 1. The summed E-state index contributed by atoms with van der Waals surface area (Å²) in [6.07, 6.45) is 7.87. The van der Waals surface area contributed by atoms with Crippen molar-refractivity contribution in [1.29, 1.82) is 0 Å². The molecule has 0 radical (unpaired) electrons. The molecule has 3 fully saturated rings. The molecule has 0 bridgehead atoms. The lowest BCUT2D eigenvalue weighted by molar-refractivity contribution is -0.136. The second kappa shape index (κ2) is 5.48. The van der Waals surface area contributed by atoms with Crippen molar-refractivity contribution in [2.45, 2.75) is 44.8 Å². The quantitative estimate of drug-likeness (QED) is 0.837. The van der Waals surface area contributed by atoms with E-state index in [4.69, 9.17) is 9.15 Å². The van der Waals surface area contributed by atoms with Crippen LogP contribution in [0.4, 0.5) is 0 Å². The molecule has 1 aromatic heterocycles. The third-order valence-electron chi connectivity index (χ3n) is 5.38. The summed E-state index contributed by atoms with van der Waals surface area (Å²) in [6.45, 7) is 2.14. The minimum Gasteiger partial charge on any atom is -0.467 e. The van der Waals surface area contributed by atoms with Crippen molar-refractivity contribution in [2.75, 3.05) is 13.2 Å². The summed E-state index contributed by atoms with van der Waals surface area (Å²) in [5.74, 6) is 2.82. The standard InChI is InChI=1S/C17H23NO3/c19-17(16-14-6-1-7-15(14)16)18(10-12-4-2-8-20-12)11-13-5-3-9-21-13/h2,4,8,13-16H,1,3,5-7,9-11H2/t13-,14-,15+,16?/m0/s1. The molecule has 2 aliphatic carbocycles. The third kappa shape index (κ3) is 2.61. The first-order valence-corrected chi connectivity index (χ1v) is 8.25. The van der Waals surface area contributed by atoms with Gasteiger partial charge in [-0.2, -0.15) is 0 Å². The molecule has 0 spiro atoms. The molecule has 1 saturated heterocycles. The SMILES string of the molecule is O=C(C1[C@H]2CCC[C@@H]12)N(Cc1ccco1)C[C@@H]1CCCO1. The predicted octanol–water partition coefficient (Wildman–Crippen LogP) is 2.83. The second-order valence-electron chi connectivity index (χ2n) is 6.72. The zero-order chi connectivity index (χ0) is 14.2. The zero-order valence-corrected chi connectivity index (χ0v) is 12.4. The van der Waals surface area contributed by atoms with Crippen molar-refractivity contribution in [3.8, 4) is 0 Å². The highest BCUT2D eigenvalue weighted by molar-refractivity contribution is 5.82. The van der Waals surface area contributed by atoms with Gasteiger partial charge in [0.2, 0.25) is 5.91 Å². The summed E-state index contributed by atoms with van der Waals surface area (Å²) in [5, 5.41) is 0. The molecule has 4 nitrogen and oxygen atoms in total. The Balaban J connectivity index is 1.44. The smallest absolute Gasteiger partial charge is 0.226 e. The molecule has 3 aliphatic rings. The minimum atomic E-state index is 0.211. The van der Waals surface area contributed by atoms with E-state index >= 15 is 0 Å². The number of hydrogen-bond acceptors (Lipinski definition) is 3. The lowest BCUT2D eigenvalue weighted by Gasteiger charge is -2.25. The lowest BCUT2D eigenvalue weighted by Crippen LogP contribution is -2.38. The first kappa shape index (κ1) is 13.4. The molecule has 4 rings (SSSR count). The van der Waals surface area contributed by atoms with Crippen LogP contribution in [0, 0.1) is 17.8 Å². The fourth-order valence-electron chi connectivity index (χ4n) is 4.26. The second-order valence-corrected chi connectivity index (χ2v) is 6.72. The number of rotatable bonds is 5. The monoisotopic (exact) mass is 289 g/mol. The Kier molecular flexibility index (Phi) is 3.49. The maximum atomic E-state index is 12.9. The molecule has 1 unspecified atom stereocenters. The van der Waals surface area contributed by atoms with Crippen LogP contribution in [0.5, 0.6) is 0 Å². The molecule has 1 aliphatic heterocycles. The van der Waals surface area contributed by atoms with Crippen molar-refractivity contribution >= 4 is 5.91 Å². The van der Waals surface area contributed by atoms with Gasteiger partial charge in [0.15, 0.2) is 0 Å². The molecule has 2 saturated carbocycles. The van der Waals surface area contributed by atoms with Gasteiger partial charge in [-0.05, 0) is 49.7 Å². The van der Waals surface area contributed by atoms with E-state index in [9.17, 15) is 4.79 Å². The Bertz CT molecular complexity index is 482. The van der Waals surface area contributed by atoms with Crippen molar-refractivity contribution in [1.82, 2.24) is 4.90 Å². The van der Waals surface area contributed by atoms with Gasteiger partial charge in [-0.1, -0.05) is 6.42 Å². The topological polar surface area (TPSA) is 42.7 Å². The largest absolute Gasteiger partial charge is 0.467 e. The molecule has 4 heteroatoms. The number of nitrogens with zero attached hydrogens (tertiary/aromatic N) is 1. The molecular formula is C17H23NO3. The molecule has 114 valence electrons. The van der Waals surface area contributed by atoms with Crippen molar-refractivity contribution < 1.29 is 13.9 Å². The summed E-state index contributed by atoms with van der Waals surface area (Å²) in [5.41, 5.74) is 0. The van der Waals surface area contributed by atoms with Crippen LogP contribution in [0.15, 0.2) is 22.8 Å². The summed E-state index contributed by atoms with van der Waals surface area (Å²) in [4.78, 5) is 14.8. The van der Waals surface area contributed by atoms with Gasteiger partial charge in [-0.25, -0.2) is 0 Å². The van der Waals surface area contributed by atoms with Gasteiger partial charge in [-0.15, -0.1) is 0 Å². The molecule has 21 heavy (non-hydrogen) atoms. The predicted molar refractivity (Wildman–Crippen MR) is 77.4 cm³/mol.